The van der Waals surface area contributed by atoms with E-state index < -0.39 is 0 Å². The third-order valence-corrected chi connectivity index (χ3v) is 2.43. The summed E-state index contributed by atoms with van der Waals surface area (Å²) < 4.78 is 5.52. The van der Waals surface area contributed by atoms with E-state index in [-0.39, 0.29) is 12.1 Å². The van der Waals surface area contributed by atoms with Crippen molar-refractivity contribution >= 4 is 0 Å². The van der Waals surface area contributed by atoms with Crippen LogP contribution in [0.15, 0.2) is 24.5 Å². The van der Waals surface area contributed by atoms with E-state index in [1.807, 2.05) is 18.3 Å². The van der Waals surface area contributed by atoms with Gasteiger partial charge in [-0.15, -0.1) is 0 Å². The molecule has 1 fully saturated rings. The fourth-order valence-electron chi connectivity index (χ4n) is 1.67. The first-order chi connectivity index (χ1) is 6.38. The molecular formula is C10H14N2O. The van der Waals surface area contributed by atoms with Gasteiger partial charge in [-0.3, -0.25) is 4.98 Å². The molecule has 0 saturated carbocycles. The number of ether oxygens (including phenoxy) is 1. The van der Waals surface area contributed by atoms with Crippen molar-refractivity contribution in [1.29, 1.82) is 0 Å². The first kappa shape index (κ1) is 8.66. The smallest absolute Gasteiger partial charge is 0.0769 e. The van der Waals surface area contributed by atoms with E-state index in [9.17, 15) is 0 Å². The molecule has 2 unspecified atom stereocenters. The lowest BCUT2D eigenvalue weighted by Crippen LogP contribution is -2.25. The van der Waals surface area contributed by atoms with Gasteiger partial charge in [-0.1, -0.05) is 6.07 Å². The van der Waals surface area contributed by atoms with E-state index in [0.717, 1.165) is 25.0 Å². The van der Waals surface area contributed by atoms with Crippen LogP contribution in [0.1, 0.15) is 24.4 Å². The number of hydrogen-bond acceptors (Lipinski definition) is 3. The molecule has 3 heteroatoms. The van der Waals surface area contributed by atoms with Gasteiger partial charge < -0.3 is 10.5 Å². The van der Waals surface area contributed by atoms with Gasteiger partial charge in [-0.05, 0) is 24.5 Å². The Hall–Kier alpha value is -0.930. The van der Waals surface area contributed by atoms with Crippen LogP contribution in [0.2, 0.25) is 0 Å². The molecule has 2 N–H and O–H groups in total. The Labute approximate surface area is 77.9 Å². The quantitative estimate of drug-likeness (QED) is 0.741. The minimum atomic E-state index is -0.0174. The van der Waals surface area contributed by atoms with Crippen molar-refractivity contribution in [2.75, 3.05) is 6.61 Å². The van der Waals surface area contributed by atoms with Gasteiger partial charge >= 0.3 is 0 Å². The Balaban J connectivity index is 2.08. The predicted molar refractivity (Wildman–Crippen MR) is 50.1 cm³/mol. The van der Waals surface area contributed by atoms with Crippen LogP contribution < -0.4 is 5.73 Å². The van der Waals surface area contributed by atoms with Gasteiger partial charge in [0.15, 0.2) is 0 Å². The zero-order valence-corrected chi connectivity index (χ0v) is 7.52. The van der Waals surface area contributed by atoms with Crippen molar-refractivity contribution in [1.82, 2.24) is 4.98 Å². The number of nitrogens with two attached hydrogens (primary N) is 1. The third-order valence-electron chi connectivity index (χ3n) is 2.43. The molecule has 13 heavy (non-hydrogen) atoms. The normalized spacial score (nSPS) is 24.5. The van der Waals surface area contributed by atoms with Crippen molar-refractivity contribution in [3.8, 4) is 0 Å². The molecule has 0 radical (unpaired) electrons. The molecular weight excluding hydrogens is 164 g/mol. The topological polar surface area (TPSA) is 48.1 Å². The van der Waals surface area contributed by atoms with Crippen LogP contribution >= 0.6 is 0 Å². The van der Waals surface area contributed by atoms with Crippen molar-refractivity contribution in [3.05, 3.63) is 30.1 Å². The molecule has 1 aliphatic heterocycles. The number of pyridine rings is 1. The highest BCUT2D eigenvalue weighted by Crippen LogP contribution is 2.23. The monoisotopic (exact) mass is 178 g/mol. The molecule has 1 saturated heterocycles. The fourth-order valence-corrected chi connectivity index (χ4v) is 1.67. The molecule has 2 heterocycles. The molecule has 70 valence electrons. The number of hydrogen-bond donors (Lipinski definition) is 1. The second kappa shape index (κ2) is 3.85. The maximum Gasteiger partial charge on any atom is 0.0769 e. The van der Waals surface area contributed by atoms with Crippen LogP contribution in [0.25, 0.3) is 0 Å². The van der Waals surface area contributed by atoms with Crippen molar-refractivity contribution in [2.45, 2.75) is 25.0 Å². The van der Waals surface area contributed by atoms with Crippen molar-refractivity contribution in [3.63, 3.8) is 0 Å². The zero-order valence-electron chi connectivity index (χ0n) is 7.52. The van der Waals surface area contributed by atoms with Gasteiger partial charge in [0, 0.05) is 19.0 Å². The van der Waals surface area contributed by atoms with E-state index in [1.165, 1.54) is 0 Å². The Kier molecular flexibility index (Phi) is 2.57. The SMILES string of the molecule is NC(c1cccnc1)C1CCCO1. The van der Waals surface area contributed by atoms with Crippen molar-refractivity contribution < 1.29 is 4.74 Å². The summed E-state index contributed by atoms with van der Waals surface area (Å²) in [5.41, 5.74) is 7.10. The average Bonchev–Trinajstić information content (AvgIpc) is 2.71. The van der Waals surface area contributed by atoms with E-state index in [4.69, 9.17) is 10.5 Å². The molecule has 1 aliphatic rings. The lowest BCUT2D eigenvalue weighted by atomic mass is 10.0. The molecule has 0 aliphatic carbocycles. The van der Waals surface area contributed by atoms with Crippen molar-refractivity contribution in [2.24, 2.45) is 5.73 Å². The first-order valence-electron chi connectivity index (χ1n) is 4.65. The third kappa shape index (κ3) is 1.87. The van der Waals surface area contributed by atoms with Gasteiger partial charge in [-0.2, -0.15) is 0 Å². The maximum absolute atomic E-state index is 6.04. The van der Waals surface area contributed by atoms with Gasteiger partial charge in [0.25, 0.3) is 0 Å². The van der Waals surface area contributed by atoms with Gasteiger partial charge in [0.1, 0.15) is 0 Å². The van der Waals surface area contributed by atoms with E-state index in [2.05, 4.69) is 4.98 Å². The van der Waals surface area contributed by atoms with Gasteiger partial charge in [-0.25, -0.2) is 0 Å². The zero-order chi connectivity index (χ0) is 9.10. The molecule has 2 atom stereocenters. The van der Waals surface area contributed by atoms with E-state index in [1.54, 1.807) is 6.20 Å². The first-order valence-corrected chi connectivity index (χ1v) is 4.65. The molecule has 1 aromatic heterocycles. The summed E-state index contributed by atoms with van der Waals surface area (Å²) >= 11 is 0. The highest BCUT2D eigenvalue weighted by atomic mass is 16.5. The molecule has 0 bridgehead atoms. The van der Waals surface area contributed by atoms with Crippen LogP contribution in [0.5, 0.6) is 0 Å². The predicted octanol–water partition coefficient (Wildman–Crippen LogP) is 1.26. The lowest BCUT2D eigenvalue weighted by molar-refractivity contribution is 0.0899. The Morgan fingerprint density at radius 3 is 3.15 bits per heavy atom. The second-order valence-corrected chi connectivity index (χ2v) is 3.36. The summed E-state index contributed by atoms with van der Waals surface area (Å²) in [5.74, 6) is 0. The standard InChI is InChI=1S/C10H14N2O/c11-10(9-4-2-6-13-9)8-3-1-5-12-7-8/h1,3,5,7,9-10H,2,4,6,11H2. The van der Waals surface area contributed by atoms with E-state index in [0.29, 0.717) is 0 Å². The lowest BCUT2D eigenvalue weighted by Gasteiger charge is -2.17. The summed E-state index contributed by atoms with van der Waals surface area (Å²) in [6.45, 7) is 0.846. The maximum atomic E-state index is 6.04. The number of aromatic nitrogens is 1. The summed E-state index contributed by atoms with van der Waals surface area (Å²) in [7, 11) is 0. The molecule has 0 amide bonds. The highest BCUT2D eigenvalue weighted by Gasteiger charge is 2.23. The fraction of sp³-hybridized carbons (Fsp3) is 0.500. The van der Waals surface area contributed by atoms with Crippen LogP contribution in [0.3, 0.4) is 0 Å². The van der Waals surface area contributed by atoms with E-state index >= 15 is 0 Å². The Bertz CT molecular complexity index is 257. The van der Waals surface area contributed by atoms with Crippen LogP contribution in [-0.4, -0.2) is 17.7 Å². The van der Waals surface area contributed by atoms with Crippen LogP contribution in [0, 0.1) is 0 Å². The summed E-state index contributed by atoms with van der Waals surface area (Å²) in [6.07, 6.45) is 5.94. The Morgan fingerprint density at radius 2 is 2.54 bits per heavy atom. The molecule has 0 spiro atoms. The molecule has 2 rings (SSSR count). The minimum Gasteiger partial charge on any atom is -0.376 e. The van der Waals surface area contributed by atoms with Crippen LogP contribution in [-0.2, 0) is 4.74 Å². The highest BCUT2D eigenvalue weighted by molar-refractivity contribution is 5.15. The number of rotatable bonds is 2. The minimum absolute atomic E-state index is 0.0174. The van der Waals surface area contributed by atoms with Gasteiger partial charge in [0.2, 0.25) is 0 Å². The van der Waals surface area contributed by atoms with Gasteiger partial charge in [0.05, 0.1) is 12.1 Å². The Morgan fingerprint density at radius 1 is 1.62 bits per heavy atom. The number of nitrogens with zero attached hydrogens (tertiary/aromatic N) is 1. The van der Waals surface area contributed by atoms with Crippen LogP contribution in [0.4, 0.5) is 0 Å². The molecule has 0 aromatic carbocycles. The second-order valence-electron chi connectivity index (χ2n) is 3.36. The summed E-state index contributed by atoms with van der Waals surface area (Å²) in [5, 5.41) is 0. The largest absolute Gasteiger partial charge is 0.376 e. The average molecular weight is 178 g/mol. The molecule has 3 nitrogen and oxygen atoms in total. The summed E-state index contributed by atoms with van der Waals surface area (Å²) in [4.78, 5) is 4.04. The molecule has 1 aromatic rings. The summed E-state index contributed by atoms with van der Waals surface area (Å²) in [6, 6.07) is 3.89.